The van der Waals surface area contributed by atoms with E-state index in [4.69, 9.17) is 0 Å². The van der Waals surface area contributed by atoms with Crippen LogP contribution >= 0.6 is 0 Å². The molecule has 15 heavy (non-hydrogen) atoms. The maximum Gasteiger partial charge on any atom is 0.186 e. The minimum absolute atomic E-state index is 0. The van der Waals surface area contributed by atoms with E-state index >= 15 is 0 Å². The van der Waals surface area contributed by atoms with E-state index in [0.29, 0.717) is 0 Å². The Kier molecular flexibility index (Phi) is 2.12. The Balaban J connectivity index is 0.000000853. The van der Waals surface area contributed by atoms with Crippen molar-refractivity contribution in [3.63, 3.8) is 0 Å². The van der Waals surface area contributed by atoms with Crippen LogP contribution < -0.4 is 0 Å². The summed E-state index contributed by atoms with van der Waals surface area (Å²) in [5, 5.41) is 0. The summed E-state index contributed by atoms with van der Waals surface area (Å²) in [5.41, 5.74) is 4.20. The molecule has 1 nitrogen and oxygen atoms in total. The van der Waals surface area contributed by atoms with E-state index in [9.17, 15) is 4.79 Å². The monoisotopic (exact) mass is 200 g/mol. The van der Waals surface area contributed by atoms with Crippen LogP contribution in [0.2, 0.25) is 0 Å². The lowest BCUT2D eigenvalue weighted by Gasteiger charge is -2.06. The number of halogens is 1. The van der Waals surface area contributed by atoms with Crippen LogP contribution in [0.3, 0.4) is 0 Å². The summed E-state index contributed by atoms with van der Waals surface area (Å²) < 4.78 is 0. The van der Waals surface area contributed by atoms with Crippen molar-refractivity contribution < 1.29 is 9.50 Å². The molecule has 2 heteroatoms. The minimum Gasteiger partial charge on any atom is -0.289 e. The summed E-state index contributed by atoms with van der Waals surface area (Å²) in [7, 11) is 0. The fourth-order valence-electron chi connectivity index (χ4n) is 1.95. The van der Waals surface area contributed by atoms with E-state index in [1.165, 1.54) is 5.56 Å². The van der Waals surface area contributed by atoms with E-state index in [-0.39, 0.29) is 10.5 Å². The summed E-state index contributed by atoms with van der Waals surface area (Å²) in [6.07, 6.45) is 7.39. The molecule has 74 valence electrons. The molecule has 0 radical (unpaired) electrons. The van der Waals surface area contributed by atoms with E-state index in [0.717, 1.165) is 16.7 Å². The third-order valence-electron chi connectivity index (χ3n) is 2.62. The van der Waals surface area contributed by atoms with Gasteiger partial charge < -0.3 is 0 Å². The van der Waals surface area contributed by atoms with Crippen LogP contribution in [-0.2, 0) is 4.79 Å². The highest BCUT2D eigenvalue weighted by atomic mass is 19.0. The van der Waals surface area contributed by atoms with Crippen molar-refractivity contribution in [1.29, 1.82) is 0 Å². The zero-order valence-electron chi connectivity index (χ0n) is 7.94. The first-order valence-electron chi connectivity index (χ1n) is 4.60. The highest BCUT2D eigenvalue weighted by Crippen LogP contribution is 2.37. The van der Waals surface area contributed by atoms with Gasteiger partial charge >= 0.3 is 0 Å². The first kappa shape index (κ1) is 9.59. The van der Waals surface area contributed by atoms with Crippen LogP contribution in [0.4, 0.5) is 4.70 Å². The van der Waals surface area contributed by atoms with Crippen molar-refractivity contribution in [2.45, 2.75) is 0 Å². The highest BCUT2D eigenvalue weighted by Gasteiger charge is 2.23. The number of allylic oxidation sites excluding steroid dienone is 5. The first-order chi connectivity index (χ1) is 6.86. The van der Waals surface area contributed by atoms with Crippen LogP contribution in [-0.4, -0.2) is 5.78 Å². The molecule has 0 fully saturated rings. The second kappa shape index (κ2) is 3.31. The van der Waals surface area contributed by atoms with Crippen LogP contribution in [0.25, 0.3) is 11.6 Å². The molecule has 0 spiro atoms. The van der Waals surface area contributed by atoms with Crippen molar-refractivity contribution in [3.05, 3.63) is 59.2 Å². The van der Waals surface area contributed by atoms with E-state index in [1.807, 2.05) is 36.4 Å². The van der Waals surface area contributed by atoms with Gasteiger partial charge in [-0.1, -0.05) is 36.4 Å². The number of rotatable bonds is 0. The molecule has 2 aliphatic rings. The average molecular weight is 200 g/mol. The SMILES string of the molecule is F.O=C1C=CC=C2C1=Cc1ccccc12. The number of carbonyl (C=O) groups excluding carboxylic acids is 1. The van der Waals surface area contributed by atoms with Gasteiger partial charge in [0.05, 0.1) is 0 Å². The fraction of sp³-hybridized carbons (Fsp3) is 0. The topological polar surface area (TPSA) is 17.1 Å². The molecule has 0 amide bonds. The van der Waals surface area contributed by atoms with Crippen LogP contribution in [0.1, 0.15) is 11.1 Å². The number of carbonyl (C=O) groups is 1. The Morgan fingerprint density at radius 1 is 1.00 bits per heavy atom. The van der Waals surface area contributed by atoms with Gasteiger partial charge in [-0.25, -0.2) is 0 Å². The van der Waals surface area contributed by atoms with Gasteiger partial charge in [-0.15, -0.1) is 0 Å². The molecule has 0 aromatic heterocycles. The van der Waals surface area contributed by atoms with Gasteiger partial charge in [0.2, 0.25) is 0 Å². The van der Waals surface area contributed by atoms with Crippen molar-refractivity contribution in [2.75, 3.05) is 0 Å². The molecule has 0 unspecified atom stereocenters. The summed E-state index contributed by atoms with van der Waals surface area (Å²) in [6.45, 7) is 0. The molecule has 2 aliphatic carbocycles. The molecule has 3 rings (SSSR count). The van der Waals surface area contributed by atoms with Crippen LogP contribution in [0, 0.1) is 0 Å². The van der Waals surface area contributed by atoms with Crippen molar-refractivity contribution in [1.82, 2.24) is 0 Å². The molecule has 0 atom stereocenters. The number of hydrogen-bond donors (Lipinski definition) is 0. The Morgan fingerprint density at radius 2 is 1.80 bits per heavy atom. The lowest BCUT2D eigenvalue weighted by atomic mass is 9.96. The Hall–Kier alpha value is -1.96. The molecule has 0 heterocycles. The molecule has 1 aromatic rings. The van der Waals surface area contributed by atoms with Crippen LogP contribution in [0.15, 0.2) is 48.1 Å². The minimum atomic E-state index is 0. The largest absolute Gasteiger partial charge is 0.289 e. The predicted molar refractivity (Wildman–Crippen MR) is 59.0 cm³/mol. The summed E-state index contributed by atoms with van der Waals surface area (Å²) >= 11 is 0. The zero-order chi connectivity index (χ0) is 9.54. The quantitative estimate of drug-likeness (QED) is 0.629. The Labute approximate surface area is 86.8 Å². The van der Waals surface area contributed by atoms with Crippen LogP contribution in [0.5, 0.6) is 0 Å². The standard InChI is InChI=1S/C13H8O.FH/c14-13-7-3-6-11-10-5-2-1-4-9(10)8-12(11)13;/h1-8H;1H. The number of benzene rings is 1. The maximum atomic E-state index is 11.5. The lowest BCUT2D eigenvalue weighted by Crippen LogP contribution is -2.00. The Morgan fingerprint density at radius 3 is 2.67 bits per heavy atom. The molecule has 0 saturated carbocycles. The highest BCUT2D eigenvalue weighted by molar-refractivity contribution is 6.23. The average Bonchev–Trinajstić information content (AvgIpc) is 2.59. The summed E-state index contributed by atoms with van der Waals surface area (Å²) in [5.74, 6) is 0.110. The van der Waals surface area contributed by atoms with Gasteiger partial charge in [0.1, 0.15) is 0 Å². The molecule has 0 bridgehead atoms. The maximum absolute atomic E-state index is 11.5. The molecule has 0 aliphatic heterocycles. The molecule has 0 saturated heterocycles. The third-order valence-corrected chi connectivity index (χ3v) is 2.62. The van der Waals surface area contributed by atoms with E-state index in [1.54, 1.807) is 6.08 Å². The lowest BCUT2D eigenvalue weighted by molar-refractivity contribution is -0.110. The second-order valence-corrected chi connectivity index (χ2v) is 3.45. The van der Waals surface area contributed by atoms with Gasteiger partial charge in [0.25, 0.3) is 0 Å². The fourth-order valence-corrected chi connectivity index (χ4v) is 1.95. The summed E-state index contributed by atoms with van der Waals surface area (Å²) in [6, 6.07) is 8.08. The van der Waals surface area contributed by atoms with Gasteiger partial charge in [-0.3, -0.25) is 9.50 Å². The van der Waals surface area contributed by atoms with Crippen molar-refractivity contribution in [3.8, 4) is 0 Å². The predicted octanol–water partition coefficient (Wildman–Crippen LogP) is 2.76. The zero-order valence-corrected chi connectivity index (χ0v) is 7.94. The summed E-state index contributed by atoms with van der Waals surface area (Å²) in [4.78, 5) is 11.5. The molecular weight excluding hydrogens is 191 g/mol. The number of hydrogen-bond acceptors (Lipinski definition) is 1. The molecular formula is C13H9FO. The van der Waals surface area contributed by atoms with E-state index < -0.39 is 0 Å². The molecule has 1 aromatic carbocycles. The van der Waals surface area contributed by atoms with E-state index in [2.05, 4.69) is 6.07 Å². The number of ketones is 1. The van der Waals surface area contributed by atoms with Gasteiger partial charge in [-0.05, 0) is 28.9 Å². The van der Waals surface area contributed by atoms with Crippen molar-refractivity contribution >= 4 is 17.4 Å². The normalized spacial score (nSPS) is 16.1. The van der Waals surface area contributed by atoms with Crippen molar-refractivity contribution in [2.24, 2.45) is 0 Å². The first-order valence-corrected chi connectivity index (χ1v) is 4.60. The Bertz CT molecular complexity index is 521. The number of fused-ring (bicyclic) bond motifs is 3. The third kappa shape index (κ3) is 1.26. The second-order valence-electron chi connectivity index (χ2n) is 3.45. The smallest absolute Gasteiger partial charge is 0.186 e. The van der Waals surface area contributed by atoms with Gasteiger partial charge in [-0.2, -0.15) is 0 Å². The van der Waals surface area contributed by atoms with Gasteiger partial charge in [0.15, 0.2) is 5.78 Å². The molecule has 0 N–H and O–H groups in total. The van der Waals surface area contributed by atoms with Gasteiger partial charge in [0, 0.05) is 5.57 Å².